The highest BCUT2D eigenvalue weighted by Gasteiger charge is 2.10. The van der Waals surface area contributed by atoms with Crippen molar-refractivity contribution < 1.29 is 4.79 Å². The van der Waals surface area contributed by atoms with E-state index in [0.717, 1.165) is 25.2 Å². The first-order valence-electron chi connectivity index (χ1n) is 8.18. The molecule has 0 saturated carbocycles. The van der Waals surface area contributed by atoms with Crippen molar-refractivity contribution in [2.75, 3.05) is 11.9 Å². The Morgan fingerprint density at radius 1 is 1.24 bits per heavy atom. The molecular weight excluding hydrogens is 262 g/mol. The second-order valence-corrected chi connectivity index (χ2v) is 5.58. The minimum absolute atomic E-state index is 0.0139. The van der Waals surface area contributed by atoms with Crippen molar-refractivity contribution in [2.24, 2.45) is 0 Å². The second kappa shape index (κ2) is 10.2. The first-order chi connectivity index (χ1) is 10.2. The molecule has 1 heterocycles. The molecule has 1 rings (SSSR count). The molecule has 1 unspecified atom stereocenters. The first kappa shape index (κ1) is 17.5. The molecule has 1 aromatic rings. The zero-order chi connectivity index (χ0) is 15.5. The zero-order valence-electron chi connectivity index (χ0n) is 13.6. The Morgan fingerprint density at radius 3 is 2.76 bits per heavy atom. The van der Waals surface area contributed by atoms with Crippen molar-refractivity contribution in [1.82, 2.24) is 10.3 Å². The largest absolute Gasteiger partial charge is 0.370 e. The van der Waals surface area contributed by atoms with Crippen LogP contribution in [0.5, 0.6) is 0 Å². The van der Waals surface area contributed by atoms with E-state index in [4.69, 9.17) is 0 Å². The predicted molar refractivity (Wildman–Crippen MR) is 88.7 cm³/mol. The lowest BCUT2D eigenvalue weighted by Crippen LogP contribution is -2.32. The summed E-state index contributed by atoms with van der Waals surface area (Å²) in [5.41, 5.74) is 0.670. The molecule has 1 amide bonds. The summed E-state index contributed by atoms with van der Waals surface area (Å²) in [6.45, 7) is 7.25. The first-order valence-corrected chi connectivity index (χ1v) is 8.18. The van der Waals surface area contributed by atoms with Gasteiger partial charge in [-0.1, -0.05) is 39.5 Å². The Balaban J connectivity index is 2.43. The third-order valence-corrected chi connectivity index (χ3v) is 3.45. The van der Waals surface area contributed by atoms with Crippen LogP contribution in [0.15, 0.2) is 18.3 Å². The van der Waals surface area contributed by atoms with Crippen LogP contribution in [0.1, 0.15) is 69.7 Å². The average Bonchev–Trinajstić information content (AvgIpc) is 2.50. The topological polar surface area (TPSA) is 54.0 Å². The number of rotatable bonds is 10. The van der Waals surface area contributed by atoms with Crippen LogP contribution in [0.25, 0.3) is 0 Å². The van der Waals surface area contributed by atoms with Crippen molar-refractivity contribution in [3.8, 4) is 0 Å². The van der Waals surface area contributed by atoms with E-state index in [1.165, 1.54) is 25.7 Å². The normalized spacial score (nSPS) is 12.0. The molecule has 0 bridgehead atoms. The van der Waals surface area contributed by atoms with Crippen LogP contribution in [0.3, 0.4) is 0 Å². The number of carbonyl (C=O) groups excluding carboxylic acids is 1. The Bertz CT molecular complexity index is 420. The van der Waals surface area contributed by atoms with Crippen LogP contribution in [0, 0.1) is 0 Å². The van der Waals surface area contributed by atoms with Gasteiger partial charge in [0.2, 0.25) is 0 Å². The molecule has 4 heteroatoms. The lowest BCUT2D eigenvalue weighted by molar-refractivity contribution is 0.0938. The van der Waals surface area contributed by atoms with Crippen molar-refractivity contribution in [1.29, 1.82) is 0 Å². The lowest BCUT2D eigenvalue weighted by Gasteiger charge is -2.14. The Morgan fingerprint density at radius 2 is 2.05 bits per heavy atom. The summed E-state index contributed by atoms with van der Waals surface area (Å²) >= 11 is 0. The molecule has 0 radical (unpaired) electrons. The summed E-state index contributed by atoms with van der Waals surface area (Å²) in [4.78, 5) is 16.4. The fourth-order valence-corrected chi connectivity index (χ4v) is 2.18. The van der Waals surface area contributed by atoms with Gasteiger partial charge in [-0.3, -0.25) is 4.79 Å². The van der Waals surface area contributed by atoms with Crippen LogP contribution >= 0.6 is 0 Å². The number of nitrogens with zero attached hydrogens (tertiary/aromatic N) is 1. The molecule has 118 valence electrons. The minimum atomic E-state index is -0.0139. The Kier molecular flexibility index (Phi) is 8.48. The summed E-state index contributed by atoms with van der Waals surface area (Å²) in [5, 5.41) is 6.26. The maximum absolute atomic E-state index is 12.2. The molecule has 21 heavy (non-hydrogen) atoms. The number of unbranched alkanes of at least 4 members (excludes halogenated alkanes) is 3. The molecule has 1 atom stereocenters. The third-order valence-electron chi connectivity index (χ3n) is 3.45. The molecule has 0 fully saturated rings. The summed E-state index contributed by atoms with van der Waals surface area (Å²) < 4.78 is 0. The third kappa shape index (κ3) is 7.11. The number of pyridine rings is 1. The van der Waals surface area contributed by atoms with Gasteiger partial charge in [-0.2, -0.15) is 0 Å². The fraction of sp³-hybridized carbons (Fsp3) is 0.647. The van der Waals surface area contributed by atoms with Gasteiger partial charge < -0.3 is 10.6 Å². The van der Waals surface area contributed by atoms with E-state index in [-0.39, 0.29) is 11.9 Å². The van der Waals surface area contributed by atoms with Gasteiger partial charge in [0.25, 0.3) is 5.91 Å². The SMILES string of the molecule is CCCCCCC(C)NC(=O)c1ccnc(NCCC)c1. The maximum atomic E-state index is 12.2. The average molecular weight is 291 g/mol. The molecule has 1 aromatic heterocycles. The molecule has 0 aliphatic carbocycles. The zero-order valence-corrected chi connectivity index (χ0v) is 13.6. The molecule has 0 aliphatic rings. The van der Waals surface area contributed by atoms with Crippen LogP contribution in [0.4, 0.5) is 5.82 Å². The number of nitrogens with one attached hydrogen (secondary N) is 2. The van der Waals surface area contributed by atoms with Gasteiger partial charge in [0.15, 0.2) is 0 Å². The Hall–Kier alpha value is -1.58. The van der Waals surface area contributed by atoms with Crippen LogP contribution in [0.2, 0.25) is 0 Å². The van der Waals surface area contributed by atoms with Crippen LogP contribution < -0.4 is 10.6 Å². The standard InChI is InChI=1S/C17H29N3O/c1-4-6-7-8-9-14(3)20-17(21)15-10-12-19-16(13-15)18-11-5-2/h10,12-14H,4-9,11H2,1-3H3,(H,18,19)(H,20,21). The quantitative estimate of drug-likeness (QED) is 0.641. The number of hydrogen-bond donors (Lipinski definition) is 2. The number of carbonyl (C=O) groups is 1. The monoisotopic (exact) mass is 291 g/mol. The van der Waals surface area contributed by atoms with E-state index in [1.54, 1.807) is 12.3 Å². The molecule has 2 N–H and O–H groups in total. The van der Waals surface area contributed by atoms with Crippen molar-refractivity contribution in [3.63, 3.8) is 0 Å². The maximum Gasteiger partial charge on any atom is 0.251 e. The smallest absolute Gasteiger partial charge is 0.251 e. The predicted octanol–water partition coefficient (Wildman–Crippen LogP) is 3.99. The van der Waals surface area contributed by atoms with Gasteiger partial charge in [-0.25, -0.2) is 4.98 Å². The molecule has 0 aliphatic heterocycles. The number of hydrogen-bond acceptors (Lipinski definition) is 3. The van der Waals surface area contributed by atoms with Crippen molar-refractivity contribution >= 4 is 11.7 Å². The summed E-state index contributed by atoms with van der Waals surface area (Å²) in [6, 6.07) is 3.79. The van der Waals surface area contributed by atoms with Crippen LogP contribution in [-0.4, -0.2) is 23.5 Å². The second-order valence-electron chi connectivity index (χ2n) is 5.58. The van der Waals surface area contributed by atoms with Crippen molar-refractivity contribution in [3.05, 3.63) is 23.9 Å². The molecule has 0 spiro atoms. The lowest BCUT2D eigenvalue weighted by atomic mass is 10.1. The van der Waals surface area contributed by atoms with Gasteiger partial charge in [0.1, 0.15) is 5.82 Å². The van der Waals surface area contributed by atoms with Gasteiger partial charge in [-0.15, -0.1) is 0 Å². The van der Waals surface area contributed by atoms with Crippen molar-refractivity contribution in [2.45, 2.75) is 65.3 Å². The summed E-state index contributed by atoms with van der Waals surface area (Å²) in [5.74, 6) is 0.750. The highest BCUT2D eigenvalue weighted by Crippen LogP contribution is 2.09. The van der Waals surface area contributed by atoms with E-state index in [1.807, 2.05) is 6.07 Å². The van der Waals surface area contributed by atoms with E-state index in [9.17, 15) is 4.79 Å². The van der Waals surface area contributed by atoms with Gasteiger partial charge >= 0.3 is 0 Å². The number of anilines is 1. The summed E-state index contributed by atoms with van der Waals surface area (Å²) in [7, 11) is 0. The molecule has 0 aromatic carbocycles. The number of amides is 1. The Labute approximate surface area is 128 Å². The van der Waals surface area contributed by atoms with E-state index >= 15 is 0 Å². The number of aromatic nitrogens is 1. The van der Waals surface area contributed by atoms with Gasteiger partial charge in [0, 0.05) is 24.3 Å². The van der Waals surface area contributed by atoms with E-state index in [2.05, 4.69) is 36.4 Å². The highest BCUT2D eigenvalue weighted by molar-refractivity contribution is 5.94. The minimum Gasteiger partial charge on any atom is -0.370 e. The van der Waals surface area contributed by atoms with Crippen LogP contribution in [-0.2, 0) is 0 Å². The molecular formula is C17H29N3O. The highest BCUT2D eigenvalue weighted by atomic mass is 16.1. The molecule has 0 saturated heterocycles. The van der Waals surface area contributed by atoms with E-state index in [0.29, 0.717) is 5.56 Å². The van der Waals surface area contributed by atoms with Gasteiger partial charge in [-0.05, 0) is 31.9 Å². The van der Waals surface area contributed by atoms with Gasteiger partial charge in [0.05, 0.1) is 0 Å². The fourth-order valence-electron chi connectivity index (χ4n) is 2.18. The summed E-state index contributed by atoms with van der Waals surface area (Å²) in [6.07, 6.45) is 8.69. The molecule has 4 nitrogen and oxygen atoms in total. The van der Waals surface area contributed by atoms with E-state index < -0.39 is 0 Å².